The van der Waals surface area contributed by atoms with Crippen molar-refractivity contribution in [2.45, 2.75) is 38.8 Å². The fraction of sp³-hybridized carbons (Fsp3) is 0.750. The van der Waals surface area contributed by atoms with Crippen LogP contribution in [0, 0.1) is 13.8 Å². The minimum atomic E-state index is -2.77. The third-order valence-electron chi connectivity index (χ3n) is 5.13. The Morgan fingerprint density at radius 2 is 1.96 bits per heavy atom. The van der Waals surface area contributed by atoms with Gasteiger partial charge in [0, 0.05) is 57.4 Å². The van der Waals surface area contributed by atoms with Gasteiger partial charge in [-0.15, -0.1) is 0 Å². The van der Waals surface area contributed by atoms with Crippen LogP contribution in [0.5, 0.6) is 0 Å². The predicted octanol–water partition coefficient (Wildman–Crippen LogP) is 0.678. The normalized spacial score (nSPS) is 24.5. The minimum absolute atomic E-state index is 0.194. The number of amides is 1. The Balaban J connectivity index is 1.53. The number of halogens is 2. The smallest absolute Gasteiger partial charge is 0.262 e. The predicted molar refractivity (Wildman–Crippen MR) is 85.9 cm³/mol. The van der Waals surface area contributed by atoms with E-state index in [1.807, 2.05) is 18.7 Å². The second kappa shape index (κ2) is 6.40. The lowest BCUT2D eigenvalue weighted by molar-refractivity contribution is -0.135. The Hall–Kier alpha value is -1.54. The number of nitrogens with zero attached hydrogens (tertiary/aromatic N) is 4. The molecule has 0 spiro atoms. The molecule has 3 rings (SSSR count). The molecule has 0 bridgehead atoms. The molecule has 6 nitrogen and oxygen atoms in total. The maximum Gasteiger partial charge on any atom is 0.262 e. The summed E-state index contributed by atoms with van der Waals surface area (Å²) in [7, 11) is 1.94. The molecule has 1 N–H and O–H groups in total. The van der Waals surface area contributed by atoms with Crippen molar-refractivity contribution in [2.75, 3.05) is 32.7 Å². The highest BCUT2D eigenvalue weighted by Crippen LogP contribution is 2.26. The van der Waals surface area contributed by atoms with Crippen LogP contribution < -0.4 is 5.32 Å². The number of carbonyl (C=O) groups excluding carboxylic acids is 1. The molecule has 1 amide bonds. The quantitative estimate of drug-likeness (QED) is 0.878. The van der Waals surface area contributed by atoms with Crippen LogP contribution in [0.25, 0.3) is 0 Å². The fourth-order valence-electron chi connectivity index (χ4n) is 3.51. The van der Waals surface area contributed by atoms with E-state index in [9.17, 15) is 13.6 Å². The molecule has 2 saturated heterocycles. The van der Waals surface area contributed by atoms with Gasteiger partial charge < -0.3 is 4.90 Å². The van der Waals surface area contributed by atoms with Crippen LogP contribution >= 0.6 is 0 Å². The molecule has 1 unspecified atom stereocenters. The summed E-state index contributed by atoms with van der Waals surface area (Å²) in [5.41, 5.74) is 3.42. The van der Waals surface area contributed by atoms with Gasteiger partial charge in [-0.25, -0.2) is 8.78 Å². The Morgan fingerprint density at radius 3 is 2.46 bits per heavy atom. The van der Waals surface area contributed by atoms with Gasteiger partial charge in [-0.3, -0.25) is 19.7 Å². The number of piperazine rings is 1. The number of aromatic nitrogens is 2. The third kappa shape index (κ3) is 3.44. The second-order valence-electron chi connectivity index (χ2n) is 6.87. The molecule has 134 valence electrons. The summed E-state index contributed by atoms with van der Waals surface area (Å²) in [5.74, 6) is -2.96. The van der Waals surface area contributed by atoms with Crippen LogP contribution in [0.4, 0.5) is 8.78 Å². The van der Waals surface area contributed by atoms with Crippen LogP contribution in [0.15, 0.2) is 0 Å². The first-order valence-corrected chi connectivity index (χ1v) is 8.38. The topological polar surface area (TPSA) is 53.4 Å². The molecule has 0 saturated carbocycles. The molecule has 2 aliphatic heterocycles. The number of carbonyl (C=O) groups is 1. The lowest BCUT2D eigenvalue weighted by atomic mass is 10.1. The summed E-state index contributed by atoms with van der Waals surface area (Å²) in [6, 6.07) is -0.741. The Bertz CT molecular complexity index is 622. The number of nitrogens with one attached hydrogen (secondary N) is 1. The molecule has 0 aliphatic carbocycles. The van der Waals surface area contributed by atoms with E-state index in [-0.39, 0.29) is 12.3 Å². The first kappa shape index (κ1) is 17.3. The number of rotatable bonds is 3. The number of hydrogen-bond donors (Lipinski definition) is 1. The van der Waals surface area contributed by atoms with Crippen molar-refractivity contribution in [1.82, 2.24) is 24.9 Å². The highest BCUT2D eigenvalue weighted by atomic mass is 19.3. The van der Waals surface area contributed by atoms with Crippen molar-refractivity contribution in [3.63, 3.8) is 0 Å². The average molecular weight is 341 g/mol. The van der Waals surface area contributed by atoms with E-state index >= 15 is 0 Å². The van der Waals surface area contributed by atoms with Gasteiger partial charge in [0.25, 0.3) is 5.92 Å². The first-order valence-electron chi connectivity index (χ1n) is 8.38. The van der Waals surface area contributed by atoms with Crippen LogP contribution in [0.3, 0.4) is 0 Å². The average Bonchev–Trinajstić information content (AvgIpc) is 3.01. The van der Waals surface area contributed by atoms with Crippen LogP contribution in [0.2, 0.25) is 0 Å². The molecular weight excluding hydrogens is 316 g/mol. The summed E-state index contributed by atoms with van der Waals surface area (Å²) in [6.07, 6.45) is -0.389. The zero-order valence-corrected chi connectivity index (χ0v) is 14.5. The lowest BCUT2D eigenvalue weighted by Gasteiger charge is -2.36. The van der Waals surface area contributed by atoms with Crippen molar-refractivity contribution < 1.29 is 13.6 Å². The summed E-state index contributed by atoms with van der Waals surface area (Å²) < 4.78 is 28.4. The standard InChI is InChI=1S/C16H25F2N5O/c1-11-13(12(2)21(3)20-11)9-22-4-6-23(7-5-22)15(24)14-8-16(17,18)10-19-14/h14,19H,4-10H2,1-3H3. The Kier molecular flexibility index (Phi) is 4.61. The molecular formula is C16H25F2N5O. The van der Waals surface area contributed by atoms with Crippen molar-refractivity contribution in [1.29, 1.82) is 0 Å². The highest BCUT2D eigenvalue weighted by Gasteiger charge is 2.43. The van der Waals surface area contributed by atoms with Crippen molar-refractivity contribution in [3.05, 3.63) is 17.0 Å². The van der Waals surface area contributed by atoms with Gasteiger partial charge in [0.2, 0.25) is 5.91 Å². The molecule has 0 radical (unpaired) electrons. The molecule has 1 aromatic rings. The Morgan fingerprint density at radius 1 is 1.29 bits per heavy atom. The monoisotopic (exact) mass is 341 g/mol. The largest absolute Gasteiger partial charge is 0.339 e. The molecule has 0 aromatic carbocycles. The van der Waals surface area contributed by atoms with Crippen molar-refractivity contribution in [2.24, 2.45) is 7.05 Å². The van der Waals surface area contributed by atoms with Gasteiger partial charge in [-0.05, 0) is 13.8 Å². The highest BCUT2D eigenvalue weighted by molar-refractivity contribution is 5.82. The molecule has 8 heteroatoms. The van der Waals surface area contributed by atoms with Crippen LogP contribution in [-0.2, 0) is 18.4 Å². The van der Waals surface area contributed by atoms with Crippen molar-refractivity contribution >= 4 is 5.91 Å². The SMILES string of the molecule is Cc1nn(C)c(C)c1CN1CCN(C(=O)C2CC(F)(F)CN2)CC1. The van der Waals surface area contributed by atoms with E-state index in [4.69, 9.17) is 0 Å². The zero-order chi connectivity index (χ0) is 17.5. The van der Waals surface area contributed by atoms with Gasteiger partial charge in [0.15, 0.2) is 0 Å². The summed E-state index contributed by atoms with van der Waals surface area (Å²) in [4.78, 5) is 16.4. The molecule has 2 fully saturated rings. The first-order chi connectivity index (χ1) is 11.3. The summed E-state index contributed by atoms with van der Waals surface area (Å²) in [5, 5.41) is 7.08. The van der Waals surface area contributed by atoms with Crippen LogP contribution in [0.1, 0.15) is 23.4 Å². The zero-order valence-electron chi connectivity index (χ0n) is 14.5. The number of alkyl halides is 2. The Labute approximate surface area is 140 Å². The molecule has 1 atom stereocenters. The minimum Gasteiger partial charge on any atom is -0.339 e. The molecule has 1 aromatic heterocycles. The lowest BCUT2D eigenvalue weighted by Crippen LogP contribution is -2.52. The van der Waals surface area contributed by atoms with Gasteiger partial charge in [0.1, 0.15) is 0 Å². The van der Waals surface area contributed by atoms with Crippen molar-refractivity contribution in [3.8, 4) is 0 Å². The molecule has 3 heterocycles. The van der Waals surface area contributed by atoms with E-state index in [0.717, 1.165) is 31.0 Å². The number of hydrogen-bond acceptors (Lipinski definition) is 4. The van der Waals surface area contributed by atoms with Gasteiger partial charge in [0.05, 0.1) is 18.3 Å². The fourth-order valence-corrected chi connectivity index (χ4v) is 3.51. The summed E-state index contributed by atoms with van der Waals surface area (Å²) >= 11 is 0. The van der Waals surface area contributed by atoms with E-state index in [0.29, 0.717) is 13.1 Å². The molecule has 2 aliphatic rings. The molecule has 24 heavy (non-hydrogen) atoms. The van der Waals surface area contributed by atoms with Gasteiger partial charge in [-0.1, -0.05) is 0 Å². The van der Waals surface area contributed by atoms with Crippen LogP contribution in [-0.4, -0.2) is 70.2 Å². The van der Waals surface area contributed by atoms with E-state index in [1.54, 1.807) is 4.90 Å². The van der Waals surface area contributed by atoms with E-state index < -0.39 is 18.5 Å². The number of aryl methyl sites for hydroxylation is 2. The van der Waals surface area contributed by atoms with E-state index in [2.05, 4.69) is 22.2 Å². The maximum atomic E-state index is 13.3. The third-order valence-corrected chi connectivity index (χ3v) is 5.13. The maximum absolute atomic E-state index is 13.3. The summed E-state index contributed by atoms with van der Waals surface area (Å²) in [6.45, 7) is 7.15. The van der Waals surface area contributed by atoms with Gasteiger partial charge >= 0.3 is 0 Å². The second-order valence-corrected chi connectivity index (χ2v) is 6.87. The van der Waals surface area contributed by atoms with Gasteiger partial charge in [-0.2, -0.15) is 5.10 Å². The van der Waals surface area contributed by atoms with E-state index in [1.165, 1.54) is 5.56 Å².